The largest absolute Gasteiger partial charge is 0.486 e. The van der Waals surface area contributed by atoms with E-state index in [1.165, 1.54) is 0 Å². The Morgan fingerprint density at radius 1 is 1.24 bits per heavy atom. The molecule has 0 bridgehead atoms. The highest BCUT2D eigenvalue weighted by molar-refractivity contribution is 5.72. The van der Waals surface area contributed by atoms with Crippen molar-refractivity contribution in [1.82, 2.24) is 0 Å². The number of nitrogen functional groups attached to an aromatic ring is 1. The van der Waals surface area contributed by atoms with Crippen molar-refractivity contribution in [3.63, 3.8) is 0 Å². The zero-order valence-corrected chi connectivity index (χ0v) is 10.7. The van der Waals surface area contributed by atoms with E-state index in [0.29, 0.717) is 18.9 Å². The summed E-state index contributed by atoms with van der Waals surface area (Å²) in [6, 6.07) is 3.74. The first-order chi connectivity index (χ1) is 8.02. The van der Waals surface area contributed by atoms with Crippen LogP contribution in [-0.4, -0.2) is 18.8 Å². The summed E-state index contributed by atoms with van der Waals surface area (Å²) in [5, 5.41) is 3.43. The van der Waals surface area contributed by atoms with E-state index < -0.39 is 0 Å². The Morgan fingerprint density at radius 2 is 1.82 bits per heavy atom. The van der Waals surface area contributed by atoms with Crippen LogP contribution < -0.4 is 20.5 Å². The molecular formula is C13H20N2O2. The van der Waals surface area contributed by atoms with Crippen LogP contribution in [-0.2, 0) is 0 Å². The lowest BCUT2D eigenvalue weighted by molar-refractivity contribution is 0.172. The van der Waals surface area contributed by atoms with Crippen molar-refractivity contribution < 1.29 is 9.47 Å². The van der Waals surface area contributed by atoms with Gasteiger partial charge >= 0.3 is 0 Å². The lowest BCUT2D eigenvalue weighted by atomic mass is 10.0. The molecule has 4 heteroatoms. The molecule has 17 heavy (non-hydrogen) atoms. The summed E-state index contributed by atoms with van der Waals surface area (Å²) in [7, 11) is 0. The smallest absolute Gasteiger partial charge is 0.163 e. The monoisotopic (exact) mass is 236 g/mol. The third-order valence-electron chi connectivity index (χ3n) is 3.07. The molecule has 1 aliphatic rings. The number of anilines is 2. The minimum absolute atomic E-state index is 0.0118. The molecule has 0 radical (unpaired) electrons. The summed E-state index contributed by atoms with van der Waals surface area (Å²) < 4.78 is 11.0. The minimum Gasteiger partial charge on any atom is -0.486 e. The van der Waals surface area contributed by atoms with Crippen LogP contribution in [0.15, 0.2) is 12.1 Å². The average molecular weight is 236 g/mol. The molecule has 0 spiro atoms. The molecule has 0 atom stereocenters. The van der Waals surface area contributed by atoms with Crippen LogP contribution >= 0.6 is 0 Å². The number of fused-ring (bicyclic) bond motifs is 1. The molecule has 4 nitrogen and oxygen atoms in total. The van der Waals surface area contributed by atoms with Gasteiger partial charge < -0.3 is 20.5 Å². The Morgan fingerprint density at radius 3 is 2.41 bits per heavy atom. The number of benzene rings is 1. The Bertz CT molecular complexity index is 416. The molecule has 0 aliphatic carbocycles. The van der Waals surface area contributed by atoms with Gasteiger partial charge in [0.1, 0.15) is 13.2 Å². The Kier molecular flexibility index (Phi) is 3.05. The normalized spacial score (nSPS) is 14.5. The van der Waals surface area contributed by atoms with E-state index in [4.69, 9.17) is 15.2 Å². The zero-order chi connectivity index (χ0) is 12.5. The van der Waals surface area contributed by atoms with Crippen molar-refractivity contribution in [3.05, 3.63) is 12.1 Å². The molecule has 0 saturated heterocycles. The maximum Gasteiger partial charge on any atom is 0.163 e. The van der Waals surface area contributed by atoms with Gasteiger partial charge in [-0.3, -0.25) is 0 Å². The van der Waals surface area contributed by atoms with E-state index in [1.807, 2.05) is 12.1 Å². The summed E-state index contributed by atoms with van der Waals surface area (Å²) >= 11 is 0. The van der Waals surface area contributed by atoms with E-state index in [-0.39, 0.29) is 5.54 Å². The van der Waals surface area contributed by atoms with Crippen molar-refractivity contribution in [1.29, 1.82) is 0 Å². The lowest BCUT2D eigenvalue weighted by Gasteiger charge is -2.28. The first-order valence-corrected chi connectivity index (χ1v) is 5.99. The van der Waals surface area contributed by atoms with Crippen LogP contribution in [0.1, 0.15) is 27.2 Å². The molecule has 0 unspecified atom stereocenters. The zero-order valence-electron chi connectivity index (χ0n) is 10.7. The summed E-state index contributed by atoms with van der Waals surface area (Å²) in [5.41, 5.74) is 7.61. The van der Waals surface area contributed by atoms with E-state index in [9.17, 15) is 0 Å². The summed E-state index contributed by atoms with van der Waals surface area (Å²) in [6.45, 7) is 7.60. The van der Waals surface area contributed by atoms with Crippen LogP contribution in [0.4, 0.5) is 11.4 Å². The highest BCUT2D eigenvalue weighted by atomic mass is 16.6. The maximum absolute atomic E-state index is 6.01. The summed E-state index contributed by atoms with van der Waals surface area (Å²) in [5.74, 6) is 1.49. The Hall–Kier alpha value is -1.58. The first-order valence-electron chi connectivity index (χ1n) is 5.99. The number of hydrogen-bond acceptors (Lipinski definition) is 4. The Labute approximate surface area is 102 Å². The van der Waals surface area contributed by atoms with Gasteiger partial charge in [0.05, 0.1) is 11.4 Å². The fraction of sp³-hybridized carbons (Fsp3) is 0.538. The van der Waals surface area contributed by atoms with Crippen LogP contribution in [0.5, 0.6) is 11.5 Å². The second kappa shape index (κ2) is 4.35. The summed E-state index contributed by atoms with van der Waals surface area (Å²) in [6.07, 6.45) is 1.01. The predicted molar refractivity (Wildman–Crippen MR) is 69.8 cm³/mol. The first kappa shape index (κ1) is 11.9. The van der Waals surface area contributed by atoms with E-state index in [0.717, 1.165) is 23.6 Å². The molecule has 0 saturated carbocycles. The second-order valence-corrected chi connectivity index (χ2v) is 4.95. The fourth-order valence-electron chi connectivity index (χ4n) is 1.67. The number of nitrogens with two attached hydrogens (primary N) is 1. The average Bonchev–Trinajstić information content (AvgIpc) is 2.30. The van der Waals surface area contributed by atoms with Crippen molar-refractivity contribution in [2.24, 2.45) is 0 Å². The molecule has 0 aromatic heterocycles. The molecule has 0 fully saturated rings. The van der Waals surface area contributed by atoms with Gasteiger partial charge in [0, 0.05) is 17.7 Å². The molecule has 2 rings (SSSR count). The Balaban J connectivity index is 2.29. The highest BCUT2D eigenvalue weighted by Crippen LogP contribution is 2.38. The van der Waals surface area contributed by atoms with Crippen molar-refractivity contribution in [2.45, 2.75) is 32.7 Å². The van der Waals surface area contributed by atoms with Crippen molar-refractivity contribution in [2.75, 3.05) is 24.3 Å². The topological polar surface area (TPSA) is 56.5 Å². The second-order valence-electron chi connectivity index (χ2n) is 4.95. The number of nitrogens with one attached hydrogen (secondary N) is 1. The van der Waals surface area contributed by atoms with Crippen molar-refractivity contribution in [3.8, 4) is 11.5 Å². The minimum atomic E-state index is 0.0118. The number of rotatable bonds is 3. The molecule has 94 valence electrons. The quantitative estimate of drug-likeness (QED) is 0.792. The van der Waals surface area contributed by atoms with Gasteiger partial charge in [-0.05, 0) is 20.3 Å². The van der Waals surface area contributed by atoms with Gasteiger partial charge in [0.15, 0.2) is 11.5 Å². The van der Waals surface area contributed by atoms with Gasteiger partial charge in [-0.15, -0.1) is 0 Å². The molecule has 1 aromatic rings. The fourth-order valence-corrected chi connectivity index (χ4v) is 1.67. The lowest BCUT2D eigenvalue weighted by Crippen LogP contribution is -2.30. The molecular weight excluding hydrogens is 216 g/mol. The number of hydrogen-bond donors (Lipinski definition) is 2. The third kappa shape index (κ3) is 2.57. The molecule has 3 N–H and O–H groups in total. The maximum atomic E-state index is 6.01. The van der Waals surface area contributed by atoms with Crippen LogP contribution in [0, 0.1) is 0 Å². The molecule has 1 heterocycles. The van der Waals surface area contributed by atoms with E-state index in [2.05, 4.69) is 26.1 Å². The van der Waals surface area contributed by atoms with Gasteiger partial charge in [0.2, 0.25) is 0 Å². The SMILES string of the molecule is CCC(C)(C)Nc1cc2c(cc1N)OCCO2. The molecule has 1 aromatic carbocycles. The van der Waals surface area contributed by atoms with Gasteiger partial charge in [-0.25, -0.2) is 0 Å². The van der Waals surface area contributed by atoms with Crippen molar-refractivity contribution >= 4 is 11.4 Å². The van der Waals surface area contributed by atoms with Crippen LogP contribution in [0.25, 0.3) is 0 Å². The standard InChI is InChI=1S/C13H20N2O2/c1-4-13(2,3)15-10-8-12-11(7-9(10)14)16-5-6-17-12/h7-8,15H,4-6,14H2,1-3H3. The van der Waals surface area contributed by atoms with E-state index in [1.54, 1.807) is 0 Å². The number of ether oxygens (including phenoxy) is 2. The van der Waals surface area contributed by atoms with Gasteiger partial charge in [0.25, 0.3) is 0 Å². The summed E-state index contributed by atoms with van der Waals surface area (Å²) in [4.78, 5) is 0. The third-order valence-corrected chi connectivity index (χ3v) is 3.07. The van der Waals surface area contributed by atoms with Gasteiger partial charge in [-0.2, -0.15) is 0 Å². The molecule has 0 amide bonds. The van der Waals surface area contributed by atoms with Crippen LogP contribution in [0.3, 0.4) is 0 Å². The van der Waals surface area contributed by atoms with Crippen LogP contribution in [0.2, 0.25) is 0 Å². The highest BCUT2D eigenvalue weighted by Gasteiger charge is 2.19. The van der Waals surface area contributed by atoms with Gasteiger partial charge in [-0.1, -0.05) is 6.92 Å². The molecule has 1 aliphatic heterocycles. The van der Waals surface area contributed by atoms with E-state index >= 15 is 0 Å². The predicted octanol–water partition coefficient (Wildman–Crippen LogP) is 2.64.